The third-order valence-corrected chi connectivity index (χ3v) is 8.39. The Morgan fingerprint density at radius 3 is 2.55 bits per heavy atom. The second-order valence-electron chi connectivity index (χ2n) is 10.5. The fraction of sp³-hybridized carbons (Fsp3) is 0.567. The average molecular weight is 547 g/mol. The van der Waals surface area contributed by atoms with E-state index in [4.69, 9.17) is 4.18 Å². The van der Waals surface area contributed by atoms with Crippen LogP contribution in [0.4, 0.5) is 0 Å². The number of carbonyl (C=O) groups is 1. The summed E-state index contributed by atoms with van der Waals surface area (Å²) in [5.74, 6) is 4.86. The van der Waals surface area contributed by atoms with Crippen LogP contribution in [0.2, 0.25) is 0 Å². The second kappa shape index (κ2) is 14.6. The topological polar surface area (TPSA) is 110 Å². The van der Waals surface area contributed by atoms with Gasteiger partial charge < -0.3 is 14.9 Å². The first kappa shape index (κ1) is 31.8. The molecule has 8 heteroatoms. The van der Waals surface area contributed by atoms with Gasteiger partial charge in [-0.2, -0.15) is 8.42 Å². The number of unbranched alkanes of at least 4 members (excludes halogenated alkanes) is 1. The number of hydrogen-bond donors (Lipinski definition) is 2. The van der Waals surface area contributed by atoms with Gasteiger partial charge in [0.2, 0.25) is 0 Å². The molecule has 210 valence electrons. The zero-order chi connectivity index (χ0) is 28.3. The number of aliphatic hydroxyl groups is 2. The van der Waals surface area contributed by atoms with E-state index in [-0.39, 0.29) is 23.2 Å². The lowest BCUT2D eigenvalue weighted by Gasteiger charge is -2.27. The normalized spacial score (nSPS) is 22.9. The van der Waals surface area contributed by atoms with Gasteiger partial charge in [0.15, 0.2) is 0 Å². The van der Waals surface area contributed by atoms with Crippen molar-refractivity contribution < 1.29 is 32.3 Å². The van der Waals surface area contributed by atoms with Crippen LogP contribution >= 0.6 is 0 Å². The average Bonchev–Trinajstić information content (AvgIpc) is 3.15. The number of ether oxygens (including phenoxy) is 1. The van der Waals surface area contributed by atoms with Gasteiger partial charge in [0.05, 0.1) is 30.3 Å². The van der Waals surface area contributed by atoms with Crippen molar-refractivity contribution in [3.63, 3.8) is 0 Å². The van der Waals surface area contributed by atoms with Crippen LogP contribution in [0.15, 0.2) is 53.5 Å². The zero-order valence-corrected chi connectivity index (χ0v) is 23.9. The van der Waals surface area contributed by atoms with Gasteiger partial charge in [0.25, 0.3) is 10.1 Å². The number of hydrogen-bond acceptors (Lipinski definition) is 7. The van der Waals surface area contributed by atoms with E-state index in [2.05, 4.69) is 16.6 Å². The molecule has 1 saturated carbocycles. The summed E-state index contributed by atoms with van der Waals surface area (Å²) in [4.78, 5) is 11.4. The monoisotopic (exact) mass is 546 g/mol. The molecular formula is C30H42O7S. The number of aliphatic hydroxyl groups excluding tert-OH is 2. The Kier molecular flexibility index (Phi) is 12.2. The molecule has 1 aliphatic carbocycles. The highest BCUT2D eigenvalue weighted by Gasteiger charge is 2.43. The number of allylic oxidation sites excluding steroid dienone is 2. The Labute approximate surface area is 228 Å². The third kappa shape index (κ3) is 9.39. The van der Waals surface area contributed by atoms with Crippen molar-refractivity contribution in [1.82, 2.24) is 0 Å². The van der Waals surface area contributed by atoms with Crippen LogP contribution in [0, 0.1) is 36.0 Å². The largest absolute Gasteiger partial charge is 0.469 e. The fourth-order valence-electron chi connectivity index (χ4n) is 4.47. The van der Waals surface area contributed by atoms with Crippen molar-refractivity contribution in [3.05, 3.63) is 54.1 Å². The molecule has 5 atom stereocenters. The van der Waals surface area contributed by atoms with E-state index in [1.807, 2.05) is 32.9 Å². The Balaban J connectivity index is 2.22. The molecule has 0 unspecified atom stereocenters. The van der Waals surface area contributed by atoms with Crippen molar-refractivity contribution >= 4 is 16.1 Å². The predicted molar refractivity (Wildman–Crippen MR) is 147 cm³/mol. The number of carbonyl (C=O) groups excluding carboxylic acids is 1. The maximum atomic E-state index is 13.0. The van der Waals surface area contributed by atoms with Gasteiger partial charge in [0, 0.05) is 30.6 Å². The third-order valence-electron chi connectivity index (χ3n) is 7.04. The fourth-order valence-corrected chi connectivity index (χ4v) is 5.60. The van der Waals surface area contributed by atoms with Crippen LogP contribution in [-0.4, -0.2) is 50.0 Å². The predicted octanol–water partition coefficient (Wildman–Crippen LogP) is 4.71. The first-order valence-electron chi connectivity index (χ1n) is 13.1. The summed E-state index contributed by atoms with van der Waals surface area (Å²) in [5, 5.41) is 21.7. The SMILES string of the molecule is CC#CCC(C)(C)[C@H](O)/C=C/[C@@H]1[C@@H](C/C=C\CCCC(=O)OC)[C@H](OS(=O)(=O)c2ccc(C)cc2)C[C@H]1O. The molecule has 0 aliphatic heterocycles. The lowest BCUT2D eigenvalue weighted by molar-refractivity contribution is -0.140. The second-order valence-corrected chi connectivity index (χ2v) is 12.1. The van der Waals surface area contributed by atoms with E-state index in [1.165, 1.54) is 19.2 Å². The molecule has 1 aromatic rings. The number of methoxy groups -OCH3 is 1. The summed E-state index contributed by atoms with van der Waals surface area (Å²) in [6.07, 6.45) is 7.77. The quantitative estimate of drug-likeness (QED) is 0.121. The highest BCUT2D eigenvalue weighted by Crippen LogP contribution is 2.40. The van der Waals surface area contributed by atoms with Crippen LogP contribution in [0.3, 0.4) is 0 Å². The number of rotatable bonds is 13. The summed E-state index contributed by atoms with van der Waals surface area (Å²) in [7, 11) is -2.67. The molecule has 1 aliphatic rings. The van der Waals surface area contributed by atoms with Gasteiger partial charge in [-0.05, 0) is 51.2 Å². The minimum Gasteiger partial charge on any atom is -0.469 e. The molecule has 0 amide bonds. The maximum absolute atomic E-state index is 13.0. The lowest BCUT2D eigenvalue weighted by atomic mass is 9.82. The summed E-state index contributed by atoms with van der Waals surface area (Å²) >= 11 is 0. The molecule has 0 saturated heterocycles. The van der Waals surface area contributed by atoms with Crippen LogP contribution in [0.5, 0.6) is 0 Å². The van der Waals surface area contributed by atoms with Gasteiger partial charge in [-0.3, -0.25) is 8.98 Å². The maximum Gasteiger partial charge on any atom is 0.305 e. The number of benzene rings is 1. The lowest BCUT2D eigenvalue weighted by Crippen LogP contribution is -2.28. The summed E-state index contributed by atoms with van der Waals surface area (Å²) in [5.41, 5.74) is 0.454. The van der Waals surface area contributed by atoms with Crippen LogP contribution in [0.1, 0.15) is 64.9 Å². The summed E-state index contributed by atoms with van der Waals surface area (Å²) in [6, 6.07) is 6.46. The van der Waals surface area contributed by atoms with E-state index >= 15 is 0 Å². The molecule has 2 N–H and O–H groups in total. The van der Waals surface area contributed by atoms with Crippen LogP contribution in [0.25, 0.3) is 0 Å². The minimum absolute atomic E-state index is 0.0721. The van der Waals surface area contributed by atoms with Gasteiger partial charge in [-0.15, -0.1) is 11.8 Å². The van der Waals surface area contributed by atoms with Crippen molar-refractivity contribution in [2.45, 2.75) is 89.4 Å². The van der Waals surface area contributed by atoms with E-state index in [1.54, 1.807) is 31.2 Å². The Morgan fingerprint density at radius 1 is 1.24 bits per heavy atom. The van der Waals surface area contributed by atoms with Gasteiger partial charge >= 0.3 is 5.97 Å². The van der Waals surface area contributed by atoms with E-state index in [9.17, 15) is 23.4 Å². The smallest absolute Gasteiger partial charge is 0.305 e. The molecule has 38 heavy (non-hydrogen) atoms. The van der Waals surface area contributed by atoms with Gasteiger partial charge in [0.1, 0.15) is 0 Å². The molecule has 0 aromatic heterocycles. The minimum atomic E-state index is -4.03. The van der Waals surface area contributed by atoms with Crippen molar-refractivity contribution in [2.24, 2.45) is 17.3 Å². The Bertz CT molecular complexity index is 1120. The first-order valence-corrected chi connectivity index (χ1v) is 14.5. The van der Waals surface area contributed by atoms with Crippen molar-refractivity contribution in [3.8, 4) is 11.8 Å². The molecule has 1 fully saturated rings. The van der Waals surface area contributed by atoms with E-state index < -0.39 is 39.8 Å². The molecule has 2 rings (SSSR count). The van der Waals surface area contributed by atoms with Crippen molar-refractivity contribution in [1.29, 1.82) is 0 Å². The highest BCUT2D eigenvalue weighted by molar-refractivity contribution is 7.86. The first-order chi connectivity index (χ1) is 17.9. The van der Waals surface area contributed by atoms with Gasteiger partial charge in [-0.25, -0.2) is 0 Å². The molecule has 7 nitrogen and oxygen atoms in total. The Hall–Kier alpha value is -2.44. The van der Waals surface area contributed by atoms with Crippen LogP contribution < -0.4 is 0 Å². The van der Waals surface area contributed by atoms with Crippen LogP contribution in [-0.2, 0) is 23.8 Å². The standard InChI is InChI=1S/C30H42O7S/c1-6-7-20-30(3,4)28(32)19-18-24-25(12-10-8-9-11-13-29(33)36-5)27(21-26(24)31)37-38(34,35)23-16-14-22(2)15-17-23/h8,10,14-19,24-28,31-32H,9,11-13,20-21H2,1-5H3/b10-8-,19-18+/t24-,25-,26-,27-,28-/m1/s1. The molecule has 0 heterocycles. The van der Waals surface area contributed by atoms with Gasteiger partial charge in [-0.1, -0.05) is 55.8 Å². The molecule has 0 bridgehead atoms. The van der Waals surface area contributed by atoms with E-state index in [0.717, 1.165) is 5.56 Å². The summed E-state index contributed by atoms with van der Waals surface area (Å²) in [6.45, 7) is 7.48. The number of esters is 1. The molecule has 0 spiro atoms. The Morgan fingerprint density at radius 2 is 1.92 bits per heavy atom. The van der Waals surface area contributed by atoms with E-state index in [0.29, 0.717) is 32.1 Å². The molecular weight excluding hydrogens is 504 g/mol. The highest BCUT2D eigenvalue weighted by atomic mass is 32.2. The number of aryl methyl sites for hydroxylation is 1. The van der Waals surface area contributed by atoms with Crippen molar-refractivity contribution in [2.75, 3.05) is 7.11 Å². The molecule has 1 aromatic carbocycles. The zero-order valence-electron chi connectivity index (χ0n) is 23.1. The molecule has 0 radical (unpaired) electrons. The summed E-state index contributed by atoms with van der Waals surface area (Å²) < 4.78 is 36.4.